The standard InChI is InChI=1S/C19H28N2O4.C17H17F2N2P/c1-4-20(3)13-10-19(2)11-14-21(12-9-17(22)25-19)16-7-5-15(6-8-16)18(23)24;1-4-6-12(7-5-2)21-17(11(3)10-20-21)13-8-16(22)15(19)9-14(13)18/h5-8H,4,9-14H2,1-3H3,(H,23,24);4-10H,1,22H2,2-3H3/b;7-5-,12-6+. The predicted molar refractivity (Wildman–Crippen MR) is 188 cm³/mol. The normalized spacial score (nSPS) is 17.2. The number of allylic oxidation sites excluding steroid dienone is 5. The Kier molecular flexibility index (Phi) is 13.6. The number of aryl methyl sites for hydroxylation is 1. The summed E-state index contributed by atoms with van der Waals surface area (Å²) in [5, 5.41) is 13.6. The third kappa shape index (κ3) is 10.2. The molecule has 2 atom stereocenters. The second kappa shape index (κ2) is 17.1. The number of aromatic nitrogens is 2. The average molecular weight is 667 g/mol. The Balaban J connectivity index is 0.000000257. The number of nitrogens with zero attached hydrogens (tertiary/aromatic N) is 4. The molecule has 0 radical (unpaired) electrons. The lowest BCUT2D eigenvalue weighted by Gasteiger charge is -2.37. The average Bonchev–Trinajstić information content (AvgIpc) is 3.41. The number of carboxylic acids is 1. The summed E-state index contributed by atoms with van der Waals surface area (Å²) in [5.41, 5.74) is 3.17. The molecule has 1 N–H and O–H groups in total. The van der Waals surface area contributed by atoms with Crippen molar-refractivity contribution >= 4 is 37.9 Å². The second-order valence-corrected chi connectivity index (χ2v) is 12.3. The summed E-state index contributed by atoms with van der Waals surface area (Å²) in [6, 6.07) is 9.17. The molecule has 2 heterocycles. The Hall–Kier alpha value is -4.14. The fourth-order valence-electron chi connectivity index (χ4n) is 5.11. The van der Waals surface area contributed by atoms with E-state index in [1.165, 1.54) is 6.07 Å². The van der Waals surface area contributed by atoms with Crippen LogP contribution in [0.2, 0.25) is 0 Å². The highest BCUT2D eigenvalue weighted by Crippen LogP contribution is 2.30. The first-order valence-corrected chi connectivity index (χ1v) is 16.1. The zero-order valence-electron chi connectivity index (χ0n) is 27.8. The van der Waals surface area contributed by atoms with E-state index in [0.29, 0.717) is 29.5 Å². The van der Waals surface area contributed by atoms with Crippen molar-refractivity contribution in [1.82, 2.24) is 14.7 Å². The van der Waals surface area contributed by atoms with E-state index >= 15 is 0 Å². The third-order valence-corrected chi connectivity index (χ3v) is 8.50. The first-order chi connectivity index (χ1) is 22.3. The number of cyclic esters (lactones) is 1. The van der Waals surface area contributed by atoms with Crippen LogP contribution in [0.3, 0.4) is 0 Å². The Labute approximate surface area is 278 Å². The van der Waals surface area contributed by atoms with Gasteiger partial charge in [0.1, 0.15) is 17.2 Å². The molecule has 0 spiro atoms. The zero-order valence-corrected chi connectivity index (χ0v) is 29.0. The molecule has 11 heteroatoms. The number of carbonyl (C=O) groups is 2. The number of esters is 1. The highest BCUT2D eigenvalue weighted by molar-refractivity contribution is 7.27. The third-order valence-electron chi connectivity index (χ3n) is 8.06. The molecule has 0 aliphatic carbocycles. The molecule has 1 aliphatic heterocycles. The van der Waals surface area contributed by atoms with Gasteiger partial charge in [-0.2, -0.15) is 5.10 Å². The van der Waals surface area contributed by atoms with Gasteiger partial charge in [-0.05, 0) is 88.8 Å². The van der Waals surface area contributed by atoms with E-state index in [1.54, 1.807) is 47.3 Å². The van der Waals surface area contributed by atoms with Gasteiger partial charge >= 0.3 is 11.9 Å². The van der Waals surface area contributed by atoms with E-state index < -0.39 is 23.2 Å². The molecule has 8 nitrogen and oxygen atoms in total. The van der Waals surface area contributed by atoms with Gasteiger partial charge in [-0.1, -0.05) is 25.7 Å². The number of benzene rings is 2. The van der Waals surface area contributed by atoms with Gasteiger partial charge in [0.15, 0.2) is 0 Å². The molecule has 47 heavy (non-hydrogen) atoms. The molecule has 2 aromatic carbocycles. The number of aromatic carboxylic acids is 1. The number of rotatable bonds is 10. The SMILES string of the molecule is C=C/C=C(\C=C/C)n1ncc(C)c1-c1cc(P)c(F)cc1F.CCN(C)CCC1(C)CCN(c2ccc(C(=O)O)cc2)CCC(=O)O1. The van der Waals surface area contributed by atoms with Crippen LogP contribution in [0.4, 0.5) is 14.5 Å². The van der Waals surface area contributed by atoms with Crippen molar-refractivity contribution < 1.29 is 28.2 Å². The molecule has 252 valence electrons. The minimum Gasteiger partial charge on any atom is -0.478 e. The summed E-state index contributed by atoms with van der Waals surface area (Å²) in [4.78, 5) is 27.5. The maximum atomic E-state index is 14.2. The van der Waals surface area contributed by atoms with Gasteiger partial charge in [-0.15, -0.1) is 9.24 Å². The minimum absolute atomic E-state index is 0.173. The smallest absolute Gasteiger partial charge is 0.335 e. The molecule has 1 fully saturated rings. The van der Waals surface area contributed by atoms with Crippen molar-refractivity contribution in [3.8, 4) is 11.3 Å². The summed E-state index contributed by atoms with van der Waals surface area (Å²) in [5.74, 6) is -2.32. The topological polar surface area (TPSA) is 87.9 Å². The van der Waals surface area contributed by atoms with Crippen molar-refractivity contribution in [2.45, 2.75) is 52.6 Å². The van der Waals surface area contributed by atoms with Crippen molar-refractivity contribution in [3.05, 3.63) is 96.2 Å². The molecule has 4 rings (SSSR count). The molecule has 2 unspecified atom stereocenters. The number of hydrogen-bond acceptors (Lipinski definition) is 6. The highest BCUT2D eigenvalue weighted by atomic mass is 31.0. The number of ether oxygens (including phenoxy) is 1. The first-order valence-electron chi connectivity index (χ1n) is 15.6. The number of carbonyl (C=O) groups excluding carboxylic acids is 1. The molecular weight excluding hydrogens is 621 g/mol. The summed E-state index contributed by atoms with van der Waals surface area (Å²) < 4.78 is 35.1. The van der Waals surface area contributed by atoms with Gasteiger partial charge in [-0.3, -0.25) is 4.79 Å². The van der Waals surface area contributed by atoms with Crippen LogP contribution in [0.15, 0.2) is 73.5 Å². The Morgan fingerprint density at radius 3 is 2.53 bits per heavy atom. The predicted octanol–water partition coefficient (Wildman–Crippen LogP) is 6.87. The van der Waals surface area contributed by atoms with E-state index in [4.69, 9.17) is 9.84 Å². The quantitative estimate of drug-likeness (QED) is 0.144. The summed E-state index contributed by atoms with van der Waals surface area (Å²) in [6.45, 7) is 14.7. The summed E-state index contributed by atoms with van der Waals surface area (Å²) in [6.07, 6.45) is 10.7. The zero-order chi connectivity index (χ0) is 34.7. The van der Waals surface area contributed by atoms with Crippen molar-refractivity contribution in [1.29, 1.82) is 0 Å². The van der Waals surface area contributed by atoms with Crippen LogP contribution < -0.4 is 10.2 Å². The Morgan fingerprint density at radius 2 is 1.91 bits per heavy atom. The first kappa shape index (κ1) is 37.3. The molecule has 3 aromatic rings. The molecule has 0 saturated carbocycles. The molecule has 0 amide bonds. The van der Waals surface area contributed by atoms with Crippen molar-refractivity contribution in [3.63, 3.8) is 0 Å². The lowest BCUT2D eigenvalue weighted by Crippen LogP contribution is -2.43. The minimum atomic E-state index is -0.935. The van der Waals surface area contributed by atoms with E-state index in [9.17, 15) is 18.4 Å². The lowest BCUT2D eigenvalue weighted by atomic mass is 9.95. The van der Waals surface area contributed by atoms with Gasteiger partial charge in [0.25, 0.3) is 0 Å². The number of anilines is 1. The maximum Gasteiger partial charge on any atom is 0.335 e. The molecular formula is C36H45F2N4O4P. The van der Waals surface area contributed by atoms with Crippen LogP contribution in [-0.4, -0.2) is 70.6 Å². The number of halogens is 2. The lowest BCUT2D eigenvalue weighted by molar-refractivity contribution is -0.160. The number of hydrogen-bond donors (Lipinski definition) is 1. The van der Waals surface area contributed by atoms with Crippen molar-refractivity contribution in [2.24, 2.45) is 0 Å². The van der Waals surface area contributed by atoms with Crippen LogP contribution >= 0.6 is 9.24 Å². The number of carboxylic acid groups (broad SMARTS) is 1. The largest absolute Gasteiger partial charge is 0.478 e. The van der Waals surface area contributed by atoms with E-state index in [2.05, 4.69) is 44.7 Å². The second-order valence-electron chi connectivity index (χ2n) is 11.7. The van der Waals surface area contributed by atoms with Gasteiger partial charge < -0.3 is 19.6 Å². The van der Waals surface area contributed by atoms with Crippen LogP contribution in [-0.2, 0) is 9.53 Å². The summed E-state index contributed by atoms with van der Waals surface area (Å²) >= 11 is 0. The van der Waals surface area contributed by atoms with Crippen LogP contribution in [0, 0.1) is 18.6 Å². The van der Waals surface area contributed by atoms with Crippen LogP contribution in [0.1, 0.15) is 56.0 Å². The van der Waals surface area contributed by atoms with Gasteiger partial charge in [0.05, 0.1) is 29.6 Å². The van der Waals surface area contributed by atoms with Crippen LogP contribution in [0.5, 0.6) is 0 Å². The molecule has 1 aliphatic rings. The maximum absolute atomic E-state index is 14.2. The van der Waals surface area contributed by atoms with E-state index in [-0.39, 0.29) is 11.5 Å². The molecule has 1 saturated heterocycles. The monoisotopic (exact) mass is 666 g/mol. The fraction of sp³-hybridized carbons (Fsp3) is 0.361. The fourth-order valence-corrected chi connectivity index (χ4v) is 5.36. The van der Waals surface area contributed by atoms with Crippen LogP contribution in [0.25, 0.3) is 17.0 Å². The van der Waals surface area contributed by atoms with E-state index in [0.717, 1.165) is 55.5 Å². The molecule has 1 aromatic heterocycles. The van der Waals surface area contributed by atoms with E-state index in [1.807, 2.05) is 32.9 Å². The Morgan fingerprint density at radius 1 is 1.21 bits per heavy atom. The summed E-state index contributed by atoms with van der Waals surface area (Å²) in [7, 11) is 4.33. The molecule has 0 bridgehead atoms. The van der Waals surface area contributed by atoms with Gasteiger partial charge in [-0.25, -0.2) is 18.3 Å². The highest BCUT2D eigenvalue weighted by Gasteiger charge is 2.32. The van der Waals surface area contributed by atoms with Crippen molar-refractivity contribution in [2.75, 3.05) is 38.1 Å². The van der Waals surface area contributed by atoms with Gasteiger partial charge in [0, 0.05) is 48.7 Å². The van der Waals surface area contributed by atoms with Gasteiger partial charge in [0.2, 0.25) is 0 Å². The Bertz CT molecular complexity index is 1620.